The first-order chi connectivity index (χ1) is 6.63. The van der Waals surface area contributed by atoms with Crippen LogP contribution in [-0.4, -0.2) is 48.6 Å². The average Bonchev–Trinajstić information content (AvgIpc) is 2.17. The molecule has 0 aromatic heterocycles. The first-order valence-electron chi connectivity index (χ1n) is 4.00. The van der Waals surface area contributed by atoms with E-state index in [-0.39, 0.29) is 29.6 Å². The second kappa shape index (κ2) is 6.61. The van der Waals surface area contributed by atoms with Gasteiger partial charge in [-0.25, -0.2) is 4.79 Å². The summed E-state index contributed by atoms with van der Waals surface area (Å²) >= 11 is 0. The fourth-order valence-corrected chi connectivity index (χ4v) is 0.917. The molecule has 0 N–H and O–H groups in total. The normalized spacial score (nSPS) is 8.67. The van der Waals surface area contributed by atoms with Crippen LogP contribution >= 0.6 is 0 Å². The topological polar surface area (TPSA) is 52.6 Å². The van der Waals surface area contributed by atoms with Gasteiger partial charge in [-0.05, 0) is 24.3 Å². The molecule has 76 valence electrons. The Kier molecular flexibility index (Phi) is 6.24. The van der Waals surface area contributed by atoms with Crippen molar-refractivity contribution in [3.05, 3.63) is 29.8 Å². The van der Waals surface area contributed by atoms with Gasteiger partial charge < -0.3 is 9.47 Å². The third-order valence-corrected chi connectivity index (χ3v) is 1.56. The molecule has 4 nitrogen and oxygen atoms in total. The van der Waals surface area contributed by atoms with Crippen LogP contribution < -0.4 is 4.74 Å². The molecule has 0 atom stereocenters. The summed E-state index contributed by atoms with van der Waals surface area (Å²) in [6.07, 6.45) is 0. The summed E-state index contributed by atoms with van der Waals surface area (Å²) in [7, 11) is 1.53. The summed E-state index contributed by atoms with van der Waals surface area (Å²) in [6, 6.07) is 6.31. The molecule has 15 heavy (non-hydrogen) atoms. The third kappa shape index (κ3) is 4.46. The average molecular weight is 218 g/mol. The number of carbonyl (C=O) groups is 2. The number of ether oxygens (including phenoxy) is 2. The van der Waals surface area contributed by atoms with Crippen molar-refractivity contribution < 1.29 is 19.1 Å². The molecule has 0 spiro atoms. The third-order valence-electron chi connectivity index (χ3n) is 1.56. The van der Waals surface area contributed by atoms with E-state index in [4.69, 9.17) is 4.74 Å². The summed E-state index contributed by atoms with van der Waals surface area (Å²) in [5.41, 5.74) is 0.320. The van der Waals surface area contributed by atoms with E-state index in [1.54, 1.807) is 12.1 Å². The van der Waals surface area contributed by atoms with Gasteiger partial charge in [0.1, 0.15) is 5.75 Å². The standard InChI is InChI=1S/C10H10O4.Na.H/c1-7(11)14-10(12)8-3-5-9(13-2)6-4-8;;/h3-6H,1-2H3;;. The minimum absolute atomic E-state index is 0. The van der Waals surface area contributed by atoms with Crippen LogP contribution in [0.4, 0.5) is 0 Å². The monoisotopic (exact) mass is 218 g/mol. The zero-order chi connectivity index (χ0) is 10.6. The van der Waals surface area contributed by atoms with Crippen LogP contribution in [0.2, 0.25) is 0 Å². The Morgan fingerprint density at radius 1 is 1.13 bits per heavy atom. The van der Waals surface area contributed by atoms with E-state index in [1.807, 2.05) is 0 Å². The quantitative estimate of drug-likeness (QED) is 0.417. The number of methoxy groups -OCH3 is 1. The molecule has 0 bridgehead atoms. The summed E-state index contributed by atoms with van der Waals surface area (Å²) in [5, 5.41) is 0. The molecule has 0 aliphatic rings. The SMILES string of the molecule is COc1ccc(C(=O)OC(C)=O)cc1.[NaH]. The van der Waals surface area contributed by atoms with Crippen molar-refractivity contribution in [2.24, 2.45) is 0 Å². The van der Waals surface area contributed by atoms with Crippen molar-refractivity contribution >= 4 is 41.5 Å². The van der Waals surface area contributed by atoms with Gasteiger partial charge in [0.15, 0.2) is 0 Å². The van der Waals surface area contributed by atoms with Gasteiger partial charge in [0, 0.05) is 6.92 Å². The second-order valence-corrected chi connectivity index (χ2v) is 2.61. The molecule has 1 rings (SSSR count). The van der Waals surface area contributed by atoms with E-state index in [9.17, 15) is 9.59 Å². The van der Waals surface area contributed by atoms with Gasteiger partial charge in [-0.15, -0.1) is 0 Å². The maximum atomic E-state index is 11.2. The second-order valence-electron chi connectivity index (χ2n) is 2.61. The molecule has 0 amide bonds. The van der Waals surface area contributed by atoms with Crippen LogP contribution in [0.25, 0.3) is 0 Å². The van der Waals surface area contributed by atoms with Crippen LogP contribution in [0.5, 0.6) is 5.75 Å². The van der Waals surface area contributed by atoms with Crippen LogP contribution in [0.15, 0.2) is 24.3 Å². The molecular weight excluding hydrogens is 207 g/mol. The van der Waals surface area contributed by atoms with E-state index in [1.165, 1.54) is 26.2 Å². The number of rotatable bonds is 2. The van der Waals surface area contributed by atoms with Gasteiger partial charge in [0.05, 0.1) is 12.7 Å². The van der Waals surface area contributed by atoms with E-state index in [0.717, 1.165) is 0 Å². The Balaban J connectivity index is 0.00000196. The Labute approximate surface area is 110 Å². The number of benzene rings is 1. The van der Waals surface area contributed by atoms with Gasteiger partial charge in [-0.2, -0.15) is 0 Å². The van der Waals surface area contributed by atoms with Crippen molar-refractivity contribution in [2.75, 3.05) is 7.11 Å². The molecule has 0 saturated heterocycles. The Morgan fingerprint density at radius 2 is 1.67 bits per heavy atom. The zero-order valence-corrected chi connectivity index (χ0v) is 7.94. The predicted molar refractivity (Wildman–Crippen MR) is 56.2 cm³/mol. The number of carbonyl (C=O) groups excluding carboxylic acids is 2. The molecule has 0 radical (unpaired) electrons. The fraction of sp³-hybridized carbons (Fsp3) is 0.200. The summed E-state index contributed by atoms with van der Waals surface area (Å²) in [5.74, 6) is -0.629. The molecular formula is C10H11NaO4. The first kappa shape index (κ1) is 14.2. The van der Waals surface area contributed by atoms with Crippen molar-refractivity contribution in [1.82, 2.24) is 0 Å². The summed E-state index contributed by atoms with van der Waals surface area (Å²) < 4.78 is 9.30. The number of esters is 2. The Bertz CT molecular complexity index is 345. The molecule has 0 heterocycles. The van der Waals surface area contributed by atoms with Crippen molar-refractivity contribution in [1.29, 1.82) is 0 Å². The van der Waals surface area contributed by atoms with Crippen LogP contribution in [-0.2, 0) is 9.53 Å². The number of hydrogen-bond acceptors (Lipinski definition) is 4. The van der Waals surface area contributed by atoms with Gasteiger partial charge >= 0.3 is 41.5 Å². The number of hydrogen-bond donors (Lipinski definition) is 0. The predicted octanol–water partition coefficient (Wildman–Crippen LogP) is 0.750. The van der Waals surface area contributed by atoms with E-state index in [2.05, 4.69) is 4.74 Å². The first-order valence-corrected chi connectivity index (χ1v) is 4.00. The molecule has 1 aromatic rings. The van der Waals surface area contributed by atoms with Crippen LogP contribution in [0.3, 0.4) is 0 Å². The van der Waals surface area contributed by atoms with Crippen molar-refractivity contribution in [2.45, 2.75) is 6.92 Å². The van der Waals surface area contributed by atoms with Gasteiger partial charge in [-0.1, -0.05) is 0 Å². The molecule has 5 heteroatoms. The summed E-state index contributed by atoms with van der Waals surface area (Å²) in [4.78, 5) is 21.7. The summed E-state index contributed by atoms with van der Waals surface area (Å²) in [6.45, 7) is 1.18. The minimum atomic E-state index is -0.653. The van der Waals surface area contributed by atoms with Crippen molar-refractivity contribution in [3.8, 4) is 5.75 Å². The fourth-order valence-electron chi connectivity index (χ4n) is 0.917. The van der Waals surface area contributed by atoms with Gasteiger partial charge in [-0.3, -0.25) is 4.79 Å². The molecule has 1 aromatic carbocycles. The molecule has 0 fully saturated rings. The molecule has 0 aliphatic carbocycles. The zero-order valence-electron chi connectivity index (χ0n) is 7.94. The molecule has 0 unspecified atom stereocenters. The van der Waals surface area contributed by atoms with E-state index in [0.29, 0.717) is 11.3 Å². The van der Waals surface area contributed by atoms with E-state index >= 15 is 0 Å². The van der Waals surface area contributed by atoms with E-state index < -0.39 is 11.9 Å². The van der Waals surface area contributed by atoms with Crippen LogP contribution in [0, 0.1) is 0 Å². The molecule has 0 saturated carbocycles. The van der Waals surface area contributed by atoms with Gasteiger partial charge in [0.2, 0.25) is 0 Å². The van der Waals surface area contributed by atoms with Crippen LogP contribution in [0.1, 0.15) is 17.3 Å². The van der Waals surface area contributed by atoms with Gasteiger partial charge in [0.25, 0.3) is 0 Å². The maximum absolute atomic E-state index is 11.2. The van der Waals surface area contributed by atoms with Crippen molar-refractivity contribution in [3.63, 3.8) is 0 Å². The Morgan fingerprint density at radius 3 is 2.07 bits per heavy atom. The molecule has 0 aliphatic heterocycles. The Hall–Kier alpha value is -0.840.